The van der Waals surface area contributed by atoms with Crippen molar-refractivity contribution in [3.8, 4) is 0 Å². The molecule has 0 aromatic heterocycles. The topological polar surface area (TPSA) is 32.8 Å². The second-order valence-electron chi connectivity index (χ2n) is 6.18. The van der Waals surface area contributed by atoms with E-state index in [0.717, 1.165) is 0 Å². The van der Waals surface area contributed by atoms with Crippen LogP contribution in [0.1, 0.15) is 16.7 Å². The Hall–Kier alpha value is -2.42. The summed E-state index contributed by atoms with van der Waals surface area (Å²) >= 11 is 0. The second kappa shape index (κ2) is 6.23. The number of aliphatic hydroxyl groups is 1. The normalized spacial score (nSPS) is 19.9. The molecular formula is C22H20O2. The lowest BCUT2D eigenvalue weighted by Crippen LogP contribution is -2.37. The molecule has 3 aromatic rings. The molecule has 0 saturated carbocycles. The third-order valence-corrected chi connectivity index (χ3v) is 4.88. The van der Waals surface area contributed by atoms with Crippen molar-refractivity contribution >= 4 is 0 Å². The van der Waals surface area contributed by atoms with Gasteiger partial charge in [0.2, 0.25) is 0 Å². The van der Waals surface area contributed by atoms with Crippen LogP contribution in [0.25, 0.3) is 0 Å². The highest BCUT2D eigenvalue weighted by Crippen LogP contribution is 2.50. The molecule has 3 aromatic carbocycles. The predicted molar refractivity (Wildman–Crippen MR) is 95.0 cm³/mol. The van der Waals surface area contributed by atoms with Crippen molar-refractivity contribution in [1.82, 2.24) is 0 Å². The van der Waals surface area contributed by atoms with Gasteiger partial charge in [-0.3, -0.25) is 0 Å². The summed E-state index contributed by atoms with van der Waals surface area (Å²) in [4.78, 5) is 0. The van der Waals surface area contributed by atoms with E-state index in [1.165, 1.54) is 16.7 Å². The first-order valence-electron chi connectivity index (χ1n) is 8.30. The number of hydrogen-bond acceptors (Lipinski definition) is 2. The third-order valence-electron chi connectivity index (χ3n) is 4.88. The molecule has 0 spiro atoms. The Labute approximate surface area is 142 Å². The summed E-state index contributed by atoms with van der Waals surface area (Å²) in [5, 5.41) is 9.66. The molecule has 0 unspecified atom stereocenters. The first kappa shape index (κ1) is 15.1. The van der Waals surface area contributed by atoms with E-state index < -0.39 is 5.41 Å². The smallest absolute Gasteiger partial charge is 0.109 e. The van der Waals surface area contributed by atoms with E-state index in [4.69, 9.17) is 4.74 Å². The van der Waals surface area contributed by atoms with Gasteiger partial charge in [0, 0.05) is 0 Å². The van der Waals surface area contributed by atoms with Crippen LogP contribution in [0.3, 0.4) is 0 Å². The number of ether oxygens (including phenoxy) is 1. The average Bonchev–Trinajstić information content (AvgIpc) is 3.45. The van der Waals surface area contributed by atoms with Crippen molar-refractivity contribution in [1.29, 1.82) is 0 Å². The highest BCUT2D eigenvalue weighted by Gasteiger charge is 2.57. The van der Waals surface area contributed by atoms with E-state index in [-0.39, 0.29) is 18.8 Å². The highest BCUT2D eigenvalue weighted by atomic mass is 16.6. The van der Waals surface area contributed by atoms with Crippen molar-refractivity contribution in [3.63, 3.8) is 0 Å². The molecule has 0 bridgehead atoms. The summed E-state index contributed by atoms with van der Waals surface area (Å²) in [7, 11) is 0. The quantitative estimate of drug-likeness (QED) is 0.574. The summed E-state index contributed by atoms with van der Waals surface area (Å²) < 4.78 is 5.94. The van der Waals surface area contributed by atoms with Crippen LogP contribution in [-0.4, -0.2) is 23.9 Å². The molecule has 1 heterocycles. The molecule has 24 heavy (non-hydrogen) atoms. The summed E-state index contributed by atoms with van der Waals surface area (Å²) in [6.07, 6.45) is -0.208. The van der Waals surface area contributed by atoms with E-state index in [9.17, 15) is 5.11 Å². The van der Waals surface area contributed by atoms with Gasteiger partial charge in [-0.1, -0.05) is 91.0 Å². The fourth-order valence-electron chi connectivity index (χ4n) is 3.76. The minimum atomic E-state index is -0.419. The molecule has 1 N–H and O–H groups in total. The molecule has 0 aliphatic carbocycles. The Morgan fingerprint density at radius 3 is 1.33 bits per heavy atom. The summed E-state index contributed by atoms with van der Waals surface area (Å²) in [5.74, 6) is 0. The van der Waals surface area contributed by atoms with Crippen LogP contribution in [-0.2, 0) is 10.2 Å². The van der Waals surface area contributed by atoms with E-state index in [2.05, 4.69) is 72.8 Å². The zero-order valence-corrected chi connectivity index (χ0v) is 13.4. The number of aliphatic hydroxyl groups excluding tert-OH is 1. The molecule has 1 aliphatic heterocycles. The molecule has 120 valence electrons. The third kappa shape index (κ3) is 2.35. The van der Waals surface area contributed by atoms with Gasteiger partial charge in [0.05, 0.1) is 12.0 Å². The lowest BCUT2D eigenvalue weighted by molar-refractivity contribution is 0.239. The van der Waals surface area contributed by atoms with Crippen LogP contribution in [0.15, 0.2) is 91.0 Å². The van der Waals surface area contributed by atoms with Crippen LogP contribution in [0.5, 0.6) is 0 Å². The van der Waals surface area contributed by atoms with Crippen molar-refractivity contribution in [2.24, 2.45) is 0 Å². The van der Waals surface area contributed by atoms with Gasteiger partial charge in [0.25, 0.3) is 0 Å². The maximum absolute atomic E-state index is 9.66. The van der Waals surface area contributed by atoms with Crippen molar-refractivity contribution in [3.05, 3.63) is 108 Å². The van der Waals surface area contributed by atoms with E-state index in [1.807, 2.05) is 18.2 Å². The van der Waals surface area contributed by atoms with Crippen LogP contribution < -0.4 is 0 Å². The van der Waals surface area contributed by atoms with Gasteiger partial charge in [-0.15, -0.1) is 0 Å². The van der Waals surface area contributed by atoms with Crippen LogP contribution in [0.2, 0.25) is 0 Å². The molecule has 1 fully saturated rings. The summed E-state index contributed by atoms with van der Waals surface area (Å²) in [5.41, 5.74) is 3.13. The van der Waals surface area contributed by atoms with E-state index >= 15 is 0 Å². The van der Waals surface area contributed by atoms with Crippen LogP contribution >= 0.6 is 0 Å². The summed E-state index contributed by atoms with van der Waals surface area (Å²) in [6.45, 7) is 0.0406. The summed E-state index contributed by atoms with van der Waals surface area (Å²) in [6, 6.07) is 31.4. The fraction of sp³-hybridized carbons (Fsp3) is 0.182. The minimum absolute atomic E-state index is 0.0406. The number of epoxide rings is 1. The number of rotatable bonds is 5. The molecule has 0 amide bonds. The average molecular weight is 316 g/mol. The predicted octanol–water partition coefficient (Wildman–Crippen LogP) is 3.78. The Bertz CT molecular complexity index is 687. The Morgan fingerprint density at radius 2 is 1.04 bits per heavy atom. The fourth-order valence-corrected chi connectivity index (χ4v) is 3.76. The first-order chi connectivity index (χ1) is 11.9. The molecule has 1 aliphatic rings. The van der Waals surface area contributed by atoms with Gasteiger partial charge >= 0.3 is 0 Å². The lowest BCUT2D eigenvalue weighted by atomic mass is 9.66. The number of benzene rings is 3. The van der Waals surface area contributed by atoms with Gasteiger partial charge in [0.15, 0.2) is 0 Å². The molecule has 1 saturated heterocycles. The number of hydrogen-bond donors (Lipinski definition) is 1. The molecule has 4 rings (SSSR count). The molecule has 0 radical (unpaired) electrons. The van der Waals surface area contributed by atoms with Gasteiger partial charge < -0.3 is 9.84 Å². The molecule has 2 atom stereocenters. The second-order valence-corrected chi connectivity index (χ2v) is 6.18. The minimum Gasteiger partial charge on any atom is -0.394 e. The Morgan fingerprint density at radius 1 is 0.667 bits per heavy atom. The molecular weight excluding hydrogens is 296 g/mol. The molecule has 2 nitrogen and oxygen atoms in total. The first-order valence-corrected chi connectivity index (χ1v) is 8.30. The van der Waals surface area contributed by atoms with Crippen LogP contribution in [0.4, 0.5) is 0 Å². The standard InChI is InChI=1S/C22H20O2/c23-16-20-21(24-20)22(17-10-4-1-5-11-17,18-12-6-2-7-13-18)19-14-8-3-9-15-19/h1-15,20-21,23H,16H2/t20-,21+/m0/s1. The lowest BCUT2D eigenvalue weighted by Gasteiger charge is -2.35. The maximum Gasteiger partial charge on any atom is 0.109 e. The highest BCUT2D eigenvalue weighted by molar-refractivity contribution is 5.53. The van der Waals surface area contributed by atoms with Gasteiger partial charge in [0.1, 0.15) is 12.2 Å². The Balaban J connectivity index is 2.00. The van der Waals surface area contributed by atoms with Gasteiger partial charge in [-0.2, -0.15) is 0 Å². The molecule has 2 heteroatoms. The Kier molecular flexibility index (Phi) is 3.93. The van der Waals surface area contributed by atoms with Crippen LogP contribution in [0, 0.1) is 0 Å². The maximum atomic E-state index is 9.66. The zero-order valence-electron chi connectivity index (χ0n) is 13.4. The SMILES string of the molecule is OC[C@@H]1O[C@H]1C(c1ccccc1)(c1ccccc1)c1ccccc1. The van der Waals surface area contributed by atoms with Crippen molar-refractivity contribution in [2.45, 2.75) is 17.6 Å². The van der Waals surface area contributed by atoms with Gasteiger partial charge in [-0.05, 0) is 16.7 Å². The van der Waals surface area contributed by atoms with Crippen molar-refractivity contribution in [2.75, 3.05) is 6.61 Å². The van der Waals surface area contributed by atoms with Gasteiger partial charge in [-0.25, -0.2) is 0 Å². The van der Waals surface area contributed by atoms with E-state index in [0.29, 0.717) is 0 Å². The van der Waals surface area contributed by atoms with E-state index in [1.54, 1.807) is 0 Å². The monoisotopic (exact) mass is 316 g/mol. The zero-order chi connectivity index (χ0) is 16.4. The largest absolute Gasteiger partial charge is 0.394 e. The van der Waals surface area contributed by atoms with Crippen molar-refractivity contribution < 1.29 is 9.84 Å².